The zero-order chi connectivity index (χ0) is 11.7. The first-order valence-corrected chi connectivity index (χ1v) is 5.03. The van der Waals surface area contributed by atoms with Gasteiger partial charge in [-0.25, -0.2) is 8.78 Å². The number of carbonyl (C=O) groups excluding carboxylic acids is 1. The summed E-state index contributed by atoms with van der Waals surface area (Å²) in [6.45, 7) is 1.87. The summed E-state index contributed by atoms with van der Waals surface area (Å²) < 4.78 is 31.0. The molecule has 1 aromatic heterocycles. The highest BCUT2D eigenvalue weighted by molar-refractivity contribution is 5.97. The summed E-state index contributed by atoms with van der Waals surface area (Å²) in [5, 5.41) is 0.401. The first-order valence-electron chi connectivity index (χ1n) is 5.03. The number of hydrogen-bond donors (Lipinski definition) is 0. The molecule has 2 rings (SSSR count). The molecule has 2 aromatic rings. The van der Waals surface area contributed by atoms with E-state index in [4.69, 9.17) is 4.42 Å². The molecule has 0 aliphatic carbocycles. The minimum absolute atomic E-state index is 0.153. The van der Waals surface area contributed by atoms with Crippen LogP contribution in [-0.2, 0) is 0 Å². The molecular weight excluding hydrogens is 214 g/mol. The van der Waals surface area contributed by atoms with Crippen LogP contribution in [0.15, 0.2) is 22.6 Å². The minimum atomic E-state index is -0.976. The van der Waals surface area contributed by atoms with Gasteiger partial charge in [0.15, 0.2) is 23.2 Å². The molecule has 4 heteroatoms. The molecular formula is C12H10F2O2. The molecule has 0 fully saturated rings. The van der Waals surface area contributed by atoms with Gasteiger partial charge in [0.05, 0.1) is 0 Å². The van der Waals surface area contributed by atoms with Crippen molar-refractivity contribution in [3.8, 4) is 0 Å². The van der Waals surface area contributed by atoms with Crippen LogP contribution >= 0.6 is 0 Å². The number of ketones is 1. The van der Waals surface area contributed by atoms with Gasteiger partial charge in [-0.05, 0) is 18.6 Å². The van der Waals surface area contributed by atoms with Crippen LogP contribution in [0.25, 0.3) is 11.0 Å². The average Bonchev–Trinajstić information content (AvgIpc) is 2.62. The highest BCUT2D eigenvalue weighted by Gasteiger charge is 2.13. The van der Waals surface area contributed by atoms with Crippen molar-refractivity contribution in [1.82, 2.24) is 0 Å². The SMILES string of the molecule is CCCC(=O)c1cc2cc(F)c(F)cc2o1. The second-order valence-corrected chi connectivity index (χ2v) is 3.59. The molecule has 0 aliphatic rings. The van der Waals surface area contributed by atoms with Gasteiger partial charge in [-0.3, -0.25) is 4.79 Å². The fourth-order valence-electron chi connectivity index (χ4n) is 1.52. The van der Waals surface area contributed by atoms with Crippen molar-refractivity contribution in [2.45, 2.75) is 19.8 Å². The number of halogens is 2. The van der Waals surface area contributed by atoms with Crippen LogP contribution in [0.1, 0.15) is 30.3 Å². The van der Waals surface area contributed by atoms with E-state index in [0.717, 1.165) is 12.1 Å². The topological polar surface area (TPSA) is 30.2 Å². The van der Waals surface area contributed by atoms with E-state index in [0.29, 0.717) is 18.2 Å². The van der Waals surface area contributed by atoms with Crippen molar-refractivity contribution >= 4 is 16.8 Å². The Bertz CT molecular complexity index is 504. The van der Waals surface area contributed by atoms with E-state index in [2.05, 4.69) is 0 Å². The smallest absolute Gasteiger partial charge is 0.198 e. The van der Waals surface area contributed by atoms with Crippen molar-refractivity contribution in [2.24, 2.45) is 0 Å². The van der Waals surface area contributed by atoms with Crippen molar-refractivity contribution in [3.63, 3.8) is 0 Å². The molecule has 2 nitrogen and oxygen atoms in total. The molecule has 84 valence electrons. The van der Waals surface area contributed by atoms with E-state index in [9.17, 15) is 13.6 Å². The molecule has 0 aliphatic heterocycles. The van der Waals surface area contributed by atoms with Crippen molar-refractivity contribution in [1.29, 1.82) is 0 Å². The van der Waals surface area contributed by atoms with Gasteiger partial charge in [0.25, 0.3) is 0 Å². The first-order chi connectivity index (χ1) is 7.61. The largest absolute Gasteiger partial charge is 0.453 e. The summed E-state index contributed by atoms with van der Waals surface area (Å²) >= 11 is 0. The molecule has 0 amide bonds. The summed E-state index contributed by atoms with van der Waals surface area (Å²) in [4.78, 5) is 11.5. The van der Waals surface area contributed by atoms with Gasteiger partial charge in [-0.15, -0.1) is 0 Å². The molecule has 1 heterocycles. The Balaban J connectivity index is 2.48. The average molecular weight is 224 g/mol. The van der Waals surface area contributed by atoms with Gasteiger partial charge >= 0.3 is 0 Å². The zero-order valence-electron chi connectivity index (χ0n) is 8.72. The van der Waals surface area contributed by atoms with E-state index in [1.807, 2.05) is 6.92 Å². The third kappa shape index (κ3) is 1.83. The molecule has 0 atom stereocenters. The zero-order valence-corrected chi connectivity index (χ0v) is 8.72. The van der Waals surface area contributed by atoms with Gasteiger partial charge in [0.1, 0.15) is 5.58 Å². The van der Waals surface area contributed by atoms with E-state index in [1.165, 1.54) is 6.07 Å². The number of hydrogen-bond acceptors (Lipinski definition) is 2. The van der Waals surface area contributed by atoms with Crippen LogP contribution in [-0.4, -0.2) is 5.78 Å². The summed E-state index contributed by atoms with van der Waals surface area (Å²) in [5.74, 6) is -1.92. The van der Waals surface area contributed by atoms with Crippen LogP contribution in [0, 0.1) is 11.6 Å². The molecule has 0 saturated carbocycles. The van der Waals surface area contributed by atoms with E-state index < -0.39 is 11.6 Å². The number of carbonyl (C=O) groups is 1. The van der Waals surface area contributed by atoms with Gasteiger partial charge in [0, 0.05) is 17.9 Å². The monoisotopic (exact) mass is 224 g/mol. The molecule has 0 unspecified atom stereocenters. The highest BCUT2D eigenvalue weighted by atomic mass is 19.2. The fourth-order valence-corrected chi connectivity index (χ4v) is 1.52. The molecule has 0 spiro atoms. The Kier molecular flexibility index (Phi) is 2.73. The molecule has 1 aromatic carbocycles. The van der Waals surface area contributed by atoms with Crippen LogP contribution in [0.3, 0.4) is 0 Å². The molecule has 16 heavy (non-hydrogen) atoms. The summed E-state index contributed by atoms with van der Waals surface area (Å²) in [6.07, 6.45) is 1.07. The second kappa shape index (κ2) is 4.04. The summed E-state index contributed by atoms with van der Waals surface area (Å²) in [6, 6.07) is 3.42. The standard InChI is InChI=1S/C12H10F2O2/c1-2-3-10(15)12-5-7-4-8(13)9(14)6-11(7)16-12/h4-6H,2-3H2,1H3. The minimum Gasteiger partial charge on any atom is -0.453 e. The second-order valence-electron chi connectivity index (χ2n) is 3.59. The third-order valence-electron chi connectivity index (χ3n) is 2.31. The van der Waals surface area contributed by atoms with Gasteiger partial charge < -0.3 is 4.42 Å². The maximum absolute atomic E-state index is 12.9. The van der Waals surface area contributed by atoms with Crippen LogP contribution in [0.4, 0.5) is 8.78 Å². The fraction of sp³-hybridized carbons (Fsp3) is 0.250. The Hall–Kier alpha value is -1.71. The number of rotatable bonds is 3. The quantitative estimate of drug-likeness (QED) is 0.744. The Morgan fingerprint density at radius 2 is 1.94 bits per heavy atom. The predicted molar refractivity (Wildman–Crippen MR) is 55.4 cm³/mol. The Morgan fingerprint density at radius 3 is 2.62 bits per heavy atom. The predicted octanol–water partition coefficient (Wildman–Crippen LogP) is 3.69. The normalized spacial score (nSPS) is 10.9. The Labute approximate surface area is 90.9 Å². The summed E-state index contributed by atoms with van der Waals surface area (Å²) in [7, 11) is 0. The van der Waals surface area contributed by atoms with Crippen molar-refractivity contribution in [2.75, 3.05) is 0 Å². The summed E-state index contributed by atoms with van der Waals surface area (Å²) in [5.41, 5.74) is 0.193. The van der Waals surface area contributed by atoms with E-state index in [1.54, 1.807) is 0 Å². The van der Waals surface area contributed by atoms with Crippen LogP contribution in [0.2, 0.25) is 0 Å². The maximum atomic E-state index is 12.9. The Morgan fingerprint density at radius 1 is 1.25 bits per heavy atom. The number of benzene rings is 1. The lowest BCUT2D eigenvalue weighted by molar-refractivity contribution is 0.0957. The van der Waals surface area contributed by atoms with E-state index >= 15 is 0 Å². The van der Waals surface area contributed by atoms with Crippen LogP contribution < -0.4 is 0 Å². The lowest BCUT2D eigenvalue weighted by Crippen LogP contribution is -1.94. The third-order valence-corrected chi connectivity index (χ3v) is 2.31. The van der Waals surface area contributed by atoms with E-state index in [-0.39, 0.29) is 17.1 Å². The van der Waals surface area contributed by atoms with Gasteiger partial charge in [0.2, 0.25) is 0 Å². The molecule has 0 bridgehead atoms. The number of furan rings is 1. The maximum Gasteiger partial charge on any atom is 0.198 e. The molecule has 0 radical (unpaired) electrons. The first kappa shape index (κ1) is 10.8. The number of fused-ring (bicyclic) bond motifs is 1. The van der Waals surface area contributed by atoms with Crippen LogP contribution in [0.5, 0.6) is 0 Å². The highest BCUT2D eigenvalue weighted by Crippen LogP contribution is 2.23. The molecule has 0 N–H and O–H groups in total. The lowest BCUT2D eigenvalue weighted by Gasteiger charge is -1.92. The number of Topliss-reactive ketones (excluding diaryl/α,β-unsaturated/α-hetero) is 1. The van der Waals surface area contributed by atoms with Gasteiger partial charge in [-0.1, -0.05) is 6.92 Å². The van der Waals surface area contributed by atoms with Crippen molar-refractivity contribution in [3.05, 3.63) is 35.6 Å². The molecule has 0 saturated heterocycles. The van der Waals surface area contributed by atoms with Crippen molar-refractivity contribution < 1.29 is 18.0 Å². The van der Waals surface area contributed by atoms with Gasteiger partial charge in [-0.2, -0.15) is 0 Å². The lowest BCUT2D eigenvalue weighted by atomic mass is 10.2.